The third kappa shape index (κ3) is 13.5. The summed E-state index contributed by atoms with van der Waals surface area (Å²) in [6.07, 6.45) is -37.9. The standard InChI is InChI=1S/C27H36F16O3S.C2H6/c1-18(2,3)12-13(19(4,5)6)17(44)46-20(7,8)10-11-45-21(9,47)15(23(29,30)31)14(16(24(32,33)34)25(35,36)37)22(28,26(38,39)40)27(41,42)43;1-2/h13,16,47H,10-12H2,1-9H3;1-2H3/b15-14-;. The van der Waals surface area contributed by atoms with Gasteiger partial charge in [0.05, 0.1) is 18.1 Å². The molecule has 3 nitrogen and oxygen atoms in total. The maximum atomic E-state index is 15.1. The highest BCUT2D eigenvalue weighted by molar-refractivity contribution is 7.81. The molecule has 20 heteroatoms. The van der Waals surface area contributed by atoms with Crippen molar-refractivity contribution in [3.63, 3.8) is 0 Å². The van der Waals surface area contributed by atoms with Crippen LogP contribution in [0.5, 0.6) is 0 Å². The molecular weight excluding hydrogens is 732 g/mol. The fourth-order valence-electron chi connectivity index (χ4n) is 4.48. The summed E-state index contributed by atoms with van der Waals surface area (Å²) < 4.78 is 230. The summed E-state index contributed by atoms with van der Waals surface area (Å²) >= 11 is 3.10. The molecule has 0 amide bonds. The minimum Gasteiger partial charge on any atom is -0.459 e. The number of rotatable bonds is 10. The number of thiol groups is 1. The normalized spacial score (nSPS) is 17.2. The van der Waals surface area contributed by atoms with Crippen LogP contribution >= 0.6 is 12.6 Å². The third-order valence-electron chi connectivity index (χ3n) is 6.72. The summed E-state index contributed by atoms with van der Waals surface area (Å²) in [6, 6.07) is 0. The zero-order valence-electron chi connectivity index (χ0n) is 28.5. The monoisotopic (exact) mass is 774 g/mol. The minimum absolute atomic E-state index is 0.214. The summed E-state index contributed by atoms with van der Waals surface area (Å²) in [7, 11) is 0. The molecule has 49 heavy (non-hydrogen) atoms. The Labute approximate surface area is 279 Å². The summed E-state index contributed by atoms with van der Waals surface area (Å²) in [5, 5.41) is 0. The van der Waals surface area contributed by atoms with Crippen LogP contribution in [0.2, 0.25) is 0 Å². The van der Waals surface area contributed by atoms with E-state index in [0.29, 0.717) is 0 Å². The van der Waals surface area contributed by atoms with Crippen molar-refractivity contribution in [2.75, 3.05) is 6.61 Å². The second kappa shape index (κ2) is 15.6. The quantitative estimate of drug-likeness (QED) is 0.0789. The van der Waals surface area contributed by atoms with Gasteiger partial charge in [0.25, 0.3) is 0 Å². The van der Waals surface area contributed by atoms with Crippen molar-refractivity contribution < 1.29 is 84.5 Å². The molecule has 0 rings (SSSR count). The van der Waals surface area contributed by atoms with Gasteiger partial charge in [-0.1, -0.05) is 55.4 Å². The van der Waals surface area contributed by atoms with Crippen molar-refractivity contribution in [3.8, 4) is 0 Å². The van der Waals surface area contributed by atoms with Crippen molar-refractivity contribution in [1.82, 2.24) is 0 Å². The van der Waals surface area contributed by atoms with Crippen LogP contribution in [0.25, 0.3) is 0 Å². The number of allylic oxidation sites excluding steroid dienone is 1. The highest BCUT2D eigenvalue weighted by Crippen LogP contribution is 2.61. The van der Waals surface area contributed by atoms with Crippen LogP contribution in [-0.2, 0) is 14.3 Å². The molecule has 0 N–H and O–H groups in total. The molecule has 0 radical (unpaired) electrons. The highest BCUT2D eigenvalue weighted by atomic mass is 32.1. The lowest BCUT2D eigenvalue weighted by atomic mass is 9.72. The smallest absolute Gasteiger partial charge is 0.435 e. The maximum Gasteiger partial charge on any atom is 0.435 e. The van der Waals surface area contributed by atoms with Gasteiger partial charge in [0.15, 0.2) is 5.92 Å². The average Bonchev–Trinajstić information content (AvgIpc) is 2.76. The summed E-state index contributed by atoms with van der Waals surface area (Å²) in [5.41, 5.74) is -19.6. The Hall–Kier alpha value is -1.60. The number of carbonyl (C=O) groups excluding carboxylic acids is 1. The molecule has 294 valence electrons. The van der Waals surface area contributed by atoms with Gasteiger partial charge in [-0.3, -0.25) is 4.79 Å². The minimum atomic E-state index is -7.86. The number of ether oxygens (including phenoxy) is 2. The summed E-state index contributed by atoms with van der Waals surface area (Å²) in [4.78, 5) is 8.81. The number of esters is 1. The Morgan fingerprint density at radius 1 is 0.653 bits per heavy atom. The van der Waals surface area contributed by atoms with Crippen molar-refractivity contribution in [2.24, 2.45) is 22.7 Å². The van der Waals surface area contributed by atoms with E-state index >= 15 is 4.39 Å². The fourth-order valence-corrected chi connectivity index (χ4v) is 4.82. The number of carbonyl (C=O) groups is 1. The first-order valence-electron chi connectivity index (χ1n) is 14.4. The van der Waals surface area contributed by atoms with Crippen LogP contribution in [0.15, 0.2) is 11.1 Å². The van der Waals surface area contributed by atoms with Crippen molar-refractivity contribution >= 4 is 18.6 Å². The highest BCUT2D eigenvalue weighted by Gasteiger charge is 2.81. The molecule has 0 saturated heterocycles. The molecule has 0 spiro atoms. The predicted molar refractivity (Wildman–Crippen MR) is 151 cm³/mol. The van der Waals surface area contributed by atoms with E-state index in [1.165, 1.54) is 0 Å². The van der Waals surface area contributed by atoms with Crippen LogP contribution in [0.4, 0.5) is 70.2 Å². The van der Waals surface area contributed by atoms with E-state index < -0.39 is 99.9 Å². The molecule has 0 bridgehead atoms. The number of hydrogen-bond acceptors (Lipinski definition) is 4. The van der Waals surface area contributed by atoms with Crippen molar-refractivity contribution in [1.29, 1.82) is 0 Å². The first kappa shape index (κ1) is 49.5. The second-order valence-corrected chi connectivity index (χ2v) is 14.8. The van der Waals surface area contributed by atoms with E-state index in [0.717, 1.165) is 13.8 Å². The Morgan fingerprint density at radius 3 is 1.29 bits per heavy atom. The third-order valence-corrected chi connectivity index (χ3v) is 7.08. The summed E-state index contributed by atoms with van der Waals surface area (Å²) in [5.74, 6) is -7.94. The molecule has 2 atom stereocenters. The van der Waals surface area contributed by atoms with Crippen molar-refractivity contribution in [2.45, 2.75) is 136 Å². The van der Waals surface area contributed by atoms with E-state index in [2.05, 4.69) is 17.4 Å². The first-order valence-corrected chi connectivity index (χ1v) is 14.9. The van der Waals surface area contributed by atoms with E-state index in [1.54, 1.807) is 41.5 Å². The molecule has 0 heterocycles. The van der Waals surface area contributed by atoms with Crippen molar-refractivity contribution in [3.05, 3.63) is 11.1 Å². The lowest BCUT2D eigenvalue weighted by Crippen LogP contribution is -2.61. The molecule has 0 aliphatic carbocycles. The lowest BCUT2D eigenvalue weighted by molar-refractivity contribution is -0.343. The Balaban J connectivity index is 0. The van der Waals surface area contributed by atoms with Gasteiger partial charge in [-0.25, -0.2) is 4.39 Å². The molecule has 0 aromatic heterocycles. The molecule has 0 aliphatic rings. The van der Waals surface area contributed by atoms with E-state index in [4.69, 9.17) is 4.74 Å². The first-order chi connectivity index (χ1) is 21.0. The molecule has 0 aliphatic heterocycles. The van der Waals surface area contributed by atoms with E-state index in [-0.39, 0.29) is 13.3 Å². The second-order valence-electron chi connectivity index (χ2n) is 13.9. The van der Waals surface area contributed by atoms with Crippen LogP contribution in [-0.4, -0.2) is 59.7 Å². The van der Waals surface area contributed by atoms with Gasteiger partial charge in [-0.15, -0.1) is 12.6 Å². The fraction of sp³-hybridized carbons (Fsp3) is 0.897. The van der Waals surface area contributed by atoms with Crippen LogP contribution in [0.3, 0.4) is 0 Å². The Kier molecular flexibility index (Phi) is 15.7. The molecule has 0 fully saturated rings. The average molecular weight is 775 g/mol. The molecule has 0 aromatic rings. The van der Waals surface area contributed by atoms with Crippen LogP contribution in [0, 0.1) is 22.7 Å². The molecule has 2 unspecified atom stereocenters. The largest absolute Gasteiger partial charge is 0.459 e. The zero-order chi connectivity index (χ0) is 40.4. The van der Waals surface area contributed by atoms with Gasteiger partial charge in [-0.05, 0) is 38.0 Å². The van der Waals surface area contributed by atoms with Gasteiger partial charge >= 0.3 is 42.5 Å². The lowest BCUT2D eigenvalue weighted by Gasteiger charge is -2.41. The van der Waals surface area contributed by atoms with E-state index in [1.807, 2.05) is 13.8 Å². The topological polar surface area (TPSA) is 35.5 Å². The van der Waals surface area contributed by atoms with Gasteiger partial charge in [-0.2, -0.15) is 65.9 Å². The van der Waals surface area contributed by atoms with Gasteiger partial charge in [0.1, 0.15) is 10.5 Å². The molecular formula is C29H42F16O3S. The maximum absolute atomic E-state index is 15.1. The SMILES string of the molecule is CC.CC(C)(C)CC(C(=O)OC(C)(C)CCOC(C)(S)/C(=C(\C(C(F)(F)F)C(F)(F)F)C(F)(C(F)(F)F)C(F)(F)F)C(F)(F)F)C(C)(C)C. The number of halogens is 16. The predicted octanol–water partition coefficient (Wildman–Crippen LogP) is 11.9. The number of alkyl halides is 16. The number of hydrogen-bond donors (Lipinski definition) is 1. The van der Waals surface area contributed by atoms with Gasteiger partial charge in [0, 0.05) is 12.0 Å². The van der Waals surface area contributed by atoms with Crippen LogP contribution in [0.1, 0.15) is 89.0 Å². The van der Waals surface area contributed by atoms with Gasteiger partial charge in [0.2, 0.25) is 0 Å². The Morgan fingerprint density at radius 2 is 1.02 bits per heavy atom. The van der Waals surface area contributed by atoms with E-state index in [9.17, 15) is 70.7 Å². The van der Waals surface area contributed by atoms with Crippen LogP contribution < -0.4 is 0 Å². The molecule has 0 saturated carbocycles. The Bertz CT molecular complexity index is 1090. The summed E-state index contributed by atoms with van der Waals surface area (Å²) in [6.45, 7) is 15.1. The molecule has 0 aromatic carbocycles. The zero-order valence-corrected chi connectivity index (χ0v) is 29.4. The van der Waals surface area contributed by atoms with Gasteiger partial charge < -0.3 is 9.47 Å².